The fourth-order valence-electron chi connectivity index (χ4n) is 1.34. The molecular weight excluding hydrogens is 150 g/mol. The summed E-state index contributed by atoms with van der Waals surface area (Å²) in [5, 5.41) is 12.4. The van der Waals surface area contributed by atoms with Gasteiger partial charge in [-0.1, -0.05) is 20.8 Å². The van der Waals surface area contributed by atoms with Crippen LogP contribution in [0, 0.1) is 17.3 Å². The standard InChI is InChI=1S/C10H21NO/c1-8-4-9(8)5-11-6-10(2,3)7-12/h8-9,11-12H,4-7H2,1-3H3. The van der Waals surface area contributed by atoms with E-state index in [-0.39, 0.29) is 12.0 Å². The maximum atomic E-state index is 8.99. The molecule has 1 aliphatic rings. The molecule has 1 rings (SSSR count). The van der Waals surface area contributed by atoms with Crippen LogP contribution in [0.4, 0.5) is 0 Å². The Balaban J connectivity index is 2.02. The smallest absolute Gasteiger partial charge is 0.0494 e. The zero-order valence-corrected chi connectivity index (χ0v) is 8.43. The van der Waals surface area contributed by atoms with Gasteiger partial charge in [0.1, 0.15) is 0 Å². The summed E-state index contributed by atoms with van der Waals surface area (Å²) >= 11 is 0. The van der Waals surface area contributed by atoms with Gasteiger partial charge in [-0.05, 0) is 24.8 Å². The fraction of sp³-hybridized carbons (Fsp3) is 1.00. The lowest BCUT2D eigenvalue weighted by atomic mass is 9.95. The first kappa shape index (κ1) is 10.0. The minimum absolute atomic E-state index is 0.0398. The molecule has 0 bridgehead atoms. The summed E-state index contributed by atoms with van der Waals surface area (Å²) in [4.78, 5) is 0. The monoisotopic (exact) mass is 171 g/mol. The van der Waals surface area contributed by atoms with E-state index in [9.17, 15) is 0 Å². The van der Waals surface area contributed by atoms with E-state index in [0.717, 1.165) is 24.9 Å². The molecule has 0 spiro atoms. The highest BCUT2D eigenvalue weighted by Gasteiger charge is 2.32. The summed E-state index contributed by atoms with van der Waals surface area (Å²) < 4.78 is 0. The van der Waals surface area contributed by atoms with Gasteiger partial charge >= 0.3 is 0 Å². The van der Waals surface area contributed by atoms with Crippen LogP contribution in [0.5, 0.6) is 0 Å². The molecule has 0 aromatic heterocycles. The van der Waals surface area contributed by atoms with E-state index in [0.29, 0.717) is 0 Å². The van der Waals surface area contributed by atoms with Crippen LogP contribution in [-0.2, 0) is 0 Å². The predicted octanol–water partition coefficient (Wildman–Crippen LogP) is 1.25. The zero-order chi connectivity index (χ0) is 9.19. The Morgan fingerprint density at radius 2 is 2.08 bits per heavy atom. The van der Waals surface area contributed by atoms with Crippen molar-refractivity contribution in [1.82, 2.24) is 5.32 Å². The summed E-state index contributed by atoms with van der Waals surface area (Å²) in [5.41, 5.74) is 0.0398. The van der Waals surface area contributed by atoms with Gasteiger partial charge in [-0.2, -0.15) is 0 Å². The third-order valence-electron chi connectivity index (χ3n) is 2.71. The first-order valence-corrected chi connectivity index (χ1v) is 4.87. The number of hydrogen-bond acceptors (Lipinski definition) is 2. The van der Waals surface area contributed by atoms with Crippen LogP contribution in [-0.4, -0.2) is 24.8 Å². The maximum absolute atomic E-state index is 8.99. The topological polar surface area (TPSA) is 32.3 Å². The highest BCUT2D eigenvalue weighted by molar-refractivity contribution is 4.84. The van der Waals surface area contributed by atoms with Crippen molar-refractivity contribution in [3.63, 3.8) is 0 Å². The van der Waals surface area contributed by atoms with Crippen LogP contribution in [0.15, 0.2) is 0 Å². The van der Waals surface area contributed by atoms with Crippen LogP contribution >= 0.6 is 0 Å². The highest BCUT2D eigenvalue weighted by atomic mass is 16.3. The lowest BCUT2D eigenvalue weighted by molar-refractivity contribution is 0.156. The zero-order valence-electron chi connectivity index (χ0n) is 8.43. The molecule has 0 radical (unpaired) electrons. The lowest BCUT2D eigenvalue weighted by Gasteiger charge is -2.21. The van der Waals surface area contributed by atoms with Crippen molar-refractivity contribution in [2.45, 2.75) is 27.2 Å². The first-order chi connectivity index (χ1) is 5.55. The maximum Gasteiger partial charge on any atom is 0.0494 e. The van der Waals surface area contributed by atoms with Gasteiger partial charge in [-0.25, -0.2) is 0 Å². The van der Waals surface area contributed by atoms with E-state index in [4.69, 9.17) is 5.11 Å². The molecule has 72 valence electrons. The van der Waals surface area contributed by atoms with Crippen molar-refractivity contribution in [3.8, 4) is 0 Å². The number of hydrogen-bond donors (Lipinski definition) is 2. The SMILES string of the molecule is CC1CC1CNCC(C)(C)CO. The number of aliphatic hydroxyl groups excluding tert-OH is 1. The van der Waals surface area contributed by atoms with E-state index < -0.39 is 0 Å². The van der Waals surface area contributed by atoms with Crippen LogP contribution in [0.25, 0.3) is 0 Å². The van der Waals surface area contributed by atoms with Gasteiger partial charge in [0.15, 0.2) is 0 Å². The number of rotatable bonds is 5. The van der Waals surface area contributed by atoms with Gasteiger partial charge in [0.05, 0.1) is 0 Å². The minimum atomic E-state index is 0.0398. The summed E-state index contributed by atoms with van der Waals surface area (Å²) in [7, 11) is 0. The number of aliphatic hydroxyl groups is 1. The quantitative estimate of drug-likeness (QED) is 0.652. The summed E-state index contributed by atoms with van der Waals surface area (Å²) in [6.07, 6.45) is 1.38. The van der Waals surface area contributed by atoms with Crippen molar-refractivity contribution < 1.29 is 5.11 Å². The molecule has 2 heteroatoms. The summed E-state index contributed by atoms with van der Waals surface area (Å²) in [6.45, 7) is 8.77. The first-order valence-electron chi connectivity index (χ1n) is 4.87. The van der Waals surface area contributed by atoms with E-state index >= 15 is 0 Å². The Labute approximate surface area is 75.4 Å². The van der Waals surface area contributed by atoms with Crippen molar-refractivity contribution in [2.24, 2.45) is 17.3 Å². The Morgan fingerprint density at radius 1 is 1.50 bits per heavy atom. The molecule has 1 saturated carbocycles. The average molecular weight is 171 g/mol. The highest BCUT2D eigenvalue weighted by Crippen LogP contribution is 2.36. The van der Waals surface area contributed by atoms with Gasteiger partial charge < -0.3 is 10.4 Å². The molecule has 0 heterocycles. The summed E-state index contributed by atoms with van der Waals surface area (Å²) in [6, 6.07) is 0. The van der Waals surface area contributed by atoms with E-state index in [1.807, 2.05) is 0 Å². The predicted molar refractivity (Wildman–Crippen MR) is 51.0 cm³/mol. The molecule has 0 aliphatic heterocycles. The normalized spacial score (nSPS) is 29.0. The van der Waals surface area contributed by atoms with E-state index in [2.05, 4.69) is 26.1 Å². The Morgan fingerprint density at radius 3 is 2.50 bits per heavy atom. The van der Waals surface area contributed by atoms with Crippen LogP contribution in [0.3, 0.4) is 0 Å². The lowest BCUT2D eigenvalue weighted by Crippen LogP contribution is -2.33. The Hall–Kier alpha value is -0.0800. The van der Waals surface area contributed by atoms with Gasteiger partial charge in [-0.3, -0.25) is 0 Å². The van der Waals surface area contributed by atoms with E-state index in [1.54, 1.807) is 0 Å². The second-order valence-corrected chi connectivity index (χ2v) is 4.93. The van der Waals surface area contributed by atoms with E-state index in [1.165, 1.54) is 6.42 Å². The molecule has 0 amide bonds. The molecule has 1 aliphatic carbocycles. The molecule has 0 aromatic rings. The van der Waals surface area contributed by atoms with Gasteiger partial charge in [0, 0.05) is 18.6 Å². The van der Waals surface area contributed by atoms with Crippen LogP contribution < -0.4 is 5.32 Å². The third kappa shape index (κ3) is 3.11. The summed E-state index contributed by atoms with van der Waals surface area (Å²) in [5.74, 6) is 1.83. The van der Waals surface area contributed by atoms with Crippen LogP contribution in [0.1, 0.15) is 27.2 Å². The van der Waals surface area contributed by atoms with Crippen LogP contribution in [0.2, 0.25) is 0 Å². The molecule has 2 nitrogen and oxygen atoms in total. The Bertz CT molecular complexity index is 145. The van der Waals surface area contributed by atoms with Gasteiger partial charge in [-0.15, -0.1) is 0 Å². The average Bonchev–Trinajstić information content (AvgIpc) is 2.67. The van der Waals surface area contributed by atoms with Gasteiger partial charge in [0.2, 0.25) is 0 Å². The molecule has 2 N–H and O–H groups in total. The molecule has 0 saturated heterocycles. The molecule has 1 fully saturated rings. The van der Waals surface area contributed by atoms with Crippen molar-refractivity contribution in [1.29, 1.82) is 0 Å². The fourth-order valence-corrected chi connectivity index (χ4v) is 1.34. The Kier molecular flexibility index (Phi) is 3.13. The second-order valence-electron chi connectivity index (χ2n) is 4.93. The number of nitrogens with one attached hydrogen (secondary N) is 1. The van der Waals surface area contributed by atoms with Crippen molar-refractivity contribution in [3.05, 3.63) is 0 Å². The minimum Gasteiger partial charge on any atom is -0.396 e. The molecular formula is C10H21NO. The molecule has 12 heavy (non-hydrogen) atoms. The van der Waals surface area contributed by atoms with Crippen molar-refractivity contribution >= 4 is 0 Å². The largest absolute Gasteiger partial charge is 0.396 e. The van der Waals surface area contributed by atoms with Gasteiger partial charge in [0.25, 0.3) is 0 Å². The second kappa shape index (κ2) is 3.75. The van der Waals surface area contributed by atoms with Crippen molar-refractivity contribution in [2.75, 3.05) is 19.7 Å². The molecule has 0 aromatic carbocycles. The third-order valence-corrected chi connectivity index (χ3v) is 2.71. The molecule has 2 atom stereocenters. The molecule has 2 unspecified atom stereocenters.